The van der Waals surface area contributed by atoms with Crippen LogP contribution in [0.4, 0.5) is 0 Å². The van der Waals surface area contributed by atoms with Crippen molar-refractivity contribution in [1.82, 2.24) is 4.90 Å². The number of nitrogens with zero attached hydrogens (tertiary/aromatic N) is 1. The molecular weight excluding hydrogens is 322 g/mol. The van der Waals surface area contributed by atoms with Crippen LogP contribution in [0.3, 0.4) is 0 Å². The van der Waals surface area contributed by atoms with Crippen LogP contribution < -0.4 is 4.74 Å². The van der Waals surface area contributed by atoms with Gasteiger partial charge >= 0.3 is 0 Å². The minimum atomic E-state index is -0.349. The Bertz CT molecular complexity index is 795. The van der Waals surface area contributed by atoms with E-state index in [1.54, 1.807) is 7.11 Å². The molecule has 1 fully saturated rings. The highest BCUT2D eigenvalue weighted by molar-refractivity contribution is 6.06. The van der Waals surface area contributed by atoms with Gasteiger partial charge in [0.05, 0.1) is 12.5 Å². The SMILES string of the molecule is COc1ccccc1/C=C1\CCC(Cc2ccccc2)(CN(C)C)C1=O. The van der Waals surface area contributed by atoms with Gasteiger partial charge in [-0.25, -0.2) is 0 Å². The molecule has 1 aliphatic rings. The zero-order chi connectivity index (χ0) is 18.6. The molecule has 3 rings (SSSR count). The second-order valence-corrected chi connectivity index (χ2v) is 7.42. The van der Waals surface area contributed by atoms with E-state index in [1.807, 2.05) is 62.6 Å². The Morgan fingerprint density at radius 2 is 1.77 bits per heavy atom. The lowest BCUT2D eigenvalue weighted by atomic mass is 9.78. The van der Waals surface area contributed by atoms with Gasteiger partial charge in [0.25, 0.3) is 0 Å². The van der Waals surface area contributed by atoms with Gasteiger partial charge in [0.2, 0.25) is 0 Å². The number of para-hydroxylation sites is 1. The number of allylic oxidation sites excluding steroid dienone is 1. The second-order valence-electron chi connectivity index (χ2n) is 7.42. The lowest BCUT2D eigenvalue weighted by molar-refractivity contribution is -0.123. The average molecular weight is 349 g/mol. The molecule has 0 bridgehead atoms. The molecule has 1 saturated carbocycles. The van der Waals surface area contributed by atoms with Crippen molar-refractivity contribution in [3.05, 3.63) is 71.3 Å². The monoisotopic (exact) mass is 349 g/mol. The molecule has 26 heavy (non-hydrogen) atoms. The first kappa shape index (κ1) is 18.4. The minimum absolute atomic E-state index is 0.279. The number of ketones is 1. The molecule has 1 unspecified atom stereocenters. The van der Waals surface area contributed by atoms with E-state index in [1.165, 1.54) is 5.56 Å². The number of methoxy groups -OCH3 is 1. The quantitative estimate of drug-likeness (QED) is 0.731. The zero-order valence-corrected chi connectivity index (χ0v) is 15.9. The summed E-state index contributed by atoms with van der Waals surface area (Å²) in [5.74, 6) is 1.09. The summed E-state index contributed by atoms with van der Waals surface area (Å²) in [6.07, 6.45) is 4.51. The zero-order valence-electron chi connectivity index (χ0n) is 15.9. The topological polar surface area (TPSA) is 29.5 Å². The third-order valence-corrected chi connectivity index (χ3v) is 5.12. The van der Waals surface area contributed by atoms with E-state index in [-0.39, 0.29) is 11.2 Å². The van der Waals surface area contributed by atoms with E-state index in [9.17, 15) is 4.79 Å². The summed E-state index contributed by atoms with van der Waals surface area (Å²) in [6, 6.07) is 18.2. The van der Waals surface area contributed by atoms with Crippen LogP contribution in [-0.2, 0) is 11.2 Å². The van der Waals surface area contributed by atoms with Crippen LogP contribution in [0.2, 0.25) is 0 Å². The maximum Gasteiger partial charge on any atom is 0.166 e. The van der Waals surface area contributed by atoms with Gasteiger partial charge in [0.1, 0.15) is 5.75 Å². The van der Waals surface area contributed by atoms with Gasteiger partial charge in [-0.2, -0.15) is 0 Å². The number of rotatable bonds is 6. The predicted molar refractivity (Wildman–Crippen MR) is 106 cm³/mol. The van der Waals surface area contributed by atoms with Crippen LogP contribution in [0, 0.1) is 5.41 Å². The number of carbonyl (C=O) groups excluding carboxylic acids is 1. The molecule has 2 aromatic rings. The molecule has 0 aromatic heterocycles. The lowest BCUT2D eigenvalue weighted by Gasteiger charge is -2.30. The van der Waals surface area contributed by atoms with Crippen molar-refractivity contribution in [3.8, 4) is 5.75 Å². The maximum absolute atomic E-state index is 13.4. The van der Waals surface area contributed by atoms with Crippen LogP contribution in [0.5, 0.6) is 5.75 Å². The fourth-order valence-corrected chi connectivity index (χ4v) is 4.02. The first-order chi connectivity index (χ1) is 12.5. The largest absolute Gasteiger partial charge is 0.496 e. The van der Waals surface area contributed by atoms with Gasteiger partial charge < -0.3 is 9.64 Å². The molecule has 0 radical (unpaired) electrons. The van der Waals surface area contributed by atoms with Gasteiger partial charge in [-0.1, -0.05) is 48.5 Å². The number of hydrogen-bond donors (Lipinski definition) is 0. The van der Waals surface area contributed by atoms with Crippen LogP contribution in [-0.4, -0.2) is 38.4 Å². The Morgan fingerprint density at radius 3 is 2.46 bits per heavy atom. The molecule has 0 heterocycles. The second kappa shape index (κ2) is 7.88. The van der Waals surface area contributed by atoms with Crippen LogP contribution in [0.25, 0.3) is 6.08 Å². The first-order valence-electron chi connectivity index (χ1n) is 9.11. The molecule has 3 nitrogen and oxygen atoms in total. The molecule has 0 saturated heterocycles. The summed E-state index contributed by atoms with van der Waals surface area (Å²) in [5.41, 5.74) is 2.76. The van der Waals surface area contributed by atoms with E-state index in [0.29, 0.717) is 0 Å². The first-order valence-corrected chi connectivity index (χ1v) is 9.11. The number of ether oxygens (including phenoxy) is 1. The normalized spacial score (nSPS) is 21.5. The molecule has 1 atom stereocenters. The Labute approximate surface area is 156 Å². The van der Waals surface area contributed by atoms with Gasteiger partial charge in [0, 0.05) is 12.1 Å². The Balaban J connectivity index is 1.93. The number of carbonyl (C=O) groups is 1. The summed E-state index contributed by atoms with van der Waals surface area (Å²) in [4.78, 5) is 15.6. The molecule has 0 N–H and O–H groups in total. The highest BCUT2D eigenvalue weighted by Crippen LogP contribution is 2.42. The van der Waals surface area contributed by atoms with Crippen molar-refractivity contribution in [2.24, 2.45) is 5.41 Å². The Hall–Kier alpha value is -2.39. The smallest absolute Gasteiger partial charge is 0.166 e. The van der Waals surface area contributed by atoms with Crippen molar-refractivity contribution in [3.63, 3.8) is 0 Å². The van der Waals surface area contributed by atoms with E-state index in [0.717, 1.165) is 42.7 Å². The highest BCUT2D eigenvalue weighted by atomic mass is 16.5. The molecule has 2 aromatic carbocycles. The van der Waals surface area contributed by atoms with Crippen LogP contribution >= 0.6 is 0 Å². The van der Waals surface area contributed by atoms with Gasteiger partial charge in [-0.15, -0.1) is 0 Å². The minimum Gasteiger partial charge on any atom is -0.496 e. The molecule has 136 valence electrons. The maximum atomic E-state index is 13.4. The summed E-state index contributed by atoms with van der Waals surface area (Å²) >= 11 is 0. The highest BCUT2D eigenvalue weighted by Gasteiger charge is 2.45. The Kier molecular flexibility index (Phi) is 5.58. The molecule has 0 spiro atoms. The van der Waals surface area contributed by atoms with Crippen molar-refractivity contribution in [2.45, 2.75) is 19.3 Å². The standard InChI is InChI=1S/C23H27NO2/c1-24(2)17-23(16-18-9-5-4-6-10-18)14-13-20(22(23)25)15-19-11-7-8-12-21(19)26-3/h4-12,15H,13-14,16-17H2,1-3H3/b20-15+. The van der Waals surface area contributed by atoms with Crippen LogP contribution in [0.1, 0.15) is 24.0 Å². The third kappa shape index (κ3) is 3.88. The van der Waals surface area contributed by atoms with Crippen molar-refractivity contribution in [2.75, 3.05) is 27.7 Å². The molecular formula is C23H27NO2. The number of hydrogen-bond acceptors (Lipinski definition) is 3. The summed E-state index contributed by atoms with van der Waals surface area (Å²) in [7, 11) is 5.75. The molecule has 3 heteroatoms. The summed E-state index contributed by atoms with van der Waals surface area (Å²) in [6.45, 7) is 0.768. The predicted octanol–water partition coefficient (Wildman–Crippen LogP) is 4.23. The molecule has 0 amide bonds. The van der Waals surface area contributed by atoms with Gasteiger partial charge in [0.15, 0.2) is 5.78 Å². The fraction of sp³-hybridized carbons (Fsp3) is 0.348. The molecule has 1 aliphatic carbocycles. The van der Waals surface area contributed by atoms with Crippen LogP contribution in [0.15, 0.2) is 60.2 Å². The summed E-state index contributed by atoms with van der Waals surface area (Å²) < 4.78 is 5.44. The van der Waals surface area contributed by atoms with E-state index in [2.05, 4.69) is 17.0 Å². The van der Waals surface area contributed by atoms with E-state index in [4.69, 9.17) is 4.74 Å². The van der Waals surface area contributed by atoms with Gasteiger partial charge in [-0.3, -0.25) is 4.79 Å². The summed E-state index contributed by atoms with van der Waals surface area (Å²) in [5, 5.41) is 0. The lowest BCUT2D eigenvalue weighted by Crippen LogP contribution is -2.39. The Morgan fingerprint density at radius 1 is 1.08 bits per heavy atom. The van der Waals surface area contributed by atoms with Crippen molar-refractivity contribution in [1.29, 1.82) is 0 Å². The van der Waals surface area contributed by atoms with Gasteiger partial charge in [-0.05, 0) is 56.6 Å². The number of Topliss-reactive ketones (excluding diaryl/α,β-unsaturated/α-hetero) is 1. The van der Waals surface area contributed by atoms with Crippen molar-refractivity contribution < 1.29 is 9.53 Å². The fourth-order valence-electron chi connectivity index (χ4n) is 4.02. The van der Waals surface area contributed by atoms with E-state index < -0.39 is 0 Å². The van der Waals surface area contributed by atoms with Crippen molar-refractivity contribution >= 4 is 11.9 Å². The average Bonchev–Trinajstić information content (AvgIpc) is 2.92. The molecule has 0 aliphatic heterocycles. The third-order valence-electron chi connectivity index (χ3n) is 5.12. The van der Waals surface area contributed by atoms with E-state index >= 15 is 0 Å². The number of benzene rings is 2.